The number of anilines is 1. The van der Waals surface area contributed by atoms with Crippen molar-refractivity contribution in [2.24, 2.45) is 0 Å². The maximum Gasteiger partial charge on any atom is 0.280 e. The lowest BCUT2D eigenvalue weighted by atomic mass is 10.1. The van der Waals surface area contributed by atoms with Gasteiger partial charge in [0.25, 0.3) is 10.0 Å². The van der Waals surface area contributed by atoms with Crippen molar-refractivity contribution in [3.8, 4) is 11.3 Å². The van der Waals surface area contributed by atoms with Crippen LogP contribution in [0.4, 0.5) is 5.69 Å². The highest BCUT2D eigenvalue weighted by molar-refractivity contribution is 7.92. The van der Waals surface area contributed by atoms with Crippen molar-refractivity contribution in [3.63, 3.8) is 0 Å². The van der Waals surface area contributed by atoms with E-state index in [4.69, 9.17) is 0 Å². The Labute approximate surface area is 163 Å². The van der Waals surface area contributed by atoms with Gasteiger partial charge >= 0.3 is 0 Å². The summed E-state index contributed by atoms with van der Waals surface area (Å²) in [6.45, 7) is 5.77. The van der Waals surface area contributed by atoms with Crippen LogP contribution in [0, 0.1) is 6.92 Å². The second-order valence-electron chi connectivity index (χ2n) is 6.84. The predicted molar refractivity (Wildman–Crippen MR) is 107 cm³/mol. The van der Waals surface area contributed by atoms with Gasteiger partial charge in [0.2, 0.25) is 5.78 Å². The van der Waals surface area contributed by atoms with E-state index in [1.54, 1.807) is 16.8 Å². The summed E-state index contributed by atoms with van der Waals surface area (Å²) >= 11 is 0. The molecule has 0 aliphatic carbocycles. The molecule has 0 saturated heterocycles. The van der Waals surface area contributed by atoms with E-state index in [0.717, 1.165) is 11.1 Å². The van der Waals surface area contributed by atoms with Gasteiger partial charge in [-0.25, -0.2) is 15.0 Å². The van der Waals surface area contributed by atoms with E-state index in [0.29, 0.717) is 17.2 Å². The van der Waals surface area contributed by atoms with Gasteiger partial charge in [-0.2, -0.15) is 8.42 Å². The van der Waals surface area contributed by atoms with Crippen molar-refractivity contribution in [1.82, 2.24) is 23.9 Å². The minimum atomic E-state index is -3.79. The Hall–Kier alpha value is -3.20. The van der Waals surface area contributed by atoms with Crippen LogP contribution in [0.1, 0.15) is 25.5 Å². The molecule has 0 saturated carbocycles. The summed E-state index contributed by atoms with van der Waals surface area (Å²) < 4.78 is 31.7. The minimum absolute atomic E-state index is 0.0112. The Kier molecular flexibility index (Phi) is 4.38. The molecule has 3 aromatic heterocycles. The Morgan fingerprint density at radius 3 is 2.68 bits per heavy atom. The molecule has 0 amide bonds. The molecular formula is C19H20N6O2S. The lowest BCUT2D eigenvalue weighted by Crippen LogP contribution is -2.14. The average Bonchev–Trinajstić information content (AvgIpc) is 3.31. The lowest BCUT2D eigenvalue weighted by molar-refractivity contribution is 0.591. The summed E-state index contributed by atoms with van der Waals surface area (Å²) in [4.78, 5) is 12.7. The van der Waals surface area contributed by atoms with Crippen LogP contribution in [-0.2, 0) is 10.0 Å². The van der Waals surface area contributed by atoms with Gasteiger partial charge < -0.3 is 4.57 Å². The van der Waals surface area contributed by atoms with Gasteiger partial charge in [0.05, 0.1) is 17.7 Å². The molecule has 4 aromatic rings. The highest BCUT2D eigenvalue weighted by Crippen LogP contribution is 2.26. The molecule has 0 atom stereocenters. The van der Waals surface area contributed by atoms with Crippen molar-refractivity contribution >= 4 is 21.5 Å². The van der Waals surface area contributed by atoms with Crippen molar-refractivity contribution in [2.45, 2.75) is 31.8 Å². The molecule has 28 heavy (non-hydrogen) atoms. The molecule has 1 aromatic carbocycles. The van der Waals surface area contributed by atoms with Gasteiger partial charge in [0, 0.05) is 36.4 Å². The zero-order valence-corrected chi connectivity index (χ0v) is 16.6. The number of fused-ring (bicyclic) bond motifs is 1. The molecule has 4 rings (SSSR count). The Bertz CT molecular complexity index is 1220. The topological polar surface area (TPSA) is 94.2 Å². The maximum atomic E-state index is 12.8. The lowest BCUT2D eigenvalue weighted by Gasteiger charge is -2.10. The number of imidazole rings is 2. The molecule has 1 N–H and O–H groups in total. The fourth-order valence-electron chi connectivity index (χ4n) is 2.80. The third-order valence-electron chi connectivity index (χ3n) is 4.46. The maximum absolute atomic E-state index is 12.8. The summed E-state index contributed by atoms with van der Waals surface area (Å²) in [6, 6.07) is 7.49. The number of hydrogen-bond acceptors (Lipinski definition) is 5. The van der Waals surface area contributed by atoms with Gasteiger partial charge in [-0.05, 0) is 38.5 Å². The molecular weight excluding hydrogens is 376 g/mol. The highest BCUT2D eigenvalue weighted by Gasteiger charge is 2.19. The minimum Gasteiger partial charge on any atom is -0.334 e. The third-order valence-corrected chi connectivity index (χ3v) is 5.71. The second-order valence-corrected chi connectivity index (χ2v) is 8.47. The molecule has 0 aliphatic heterocycles. The van der Waals surface area contributed by atoms with Gasteiger partial charge in [0.1, 0.15) is 0 Å². The van der Waals surface area contributed by atoms with E-state index in [2.05, 4.69) is 19.7 Å². The van der Waals surface area contributed by atoms with Gasteiger partial charge in [-0.3, -0.25) is 9.12 Å². The molecule has 0 aliphatic rings. The number of rotatable bonds is 5. The SMILES string of the molecule is Cc1ccc(-c2cn3cccnc3n2)cc1NS(=O)(=O)c1cn(C(C)C)cn1. The van der Waals surface area contributed by atoms with E-state index < -0.39 is 10.0 Å². The number of aromatic nitrogens is 5. The molecule has 3 heterocycles. The molecule has 0 bridgehead atoms. The quantitative estimate of drug-likeness (QED) is 0.559. The number of nitrogens with one attached hydrogen (secondary N) is 1. The Morgan fingerprint density at radius 1 is 1.14 bits per heavy atom. The van der Waals surface area contributed by atoms with Crippen LogP contribution in [0.2, 0.25) is 0 Å². The van der Waals surface area contributed by atoms with Crippen LogP contribution in [-0.4, -0.2) is 32.3 Å². The number of nitrogens with zero attached hydrogens (tertiary/aromatic N) is 5. The van der Waals surface area contributed by atoms with E-state index in [1.165, 1.54) is 12.5 Å². The number of aryl methyl sites for hydroxylation is 1. The first-order valence-electron chi connectivity index (χ1n) is 8.80. The standard InChI is InChI=1S/C19H20N6O2S/c1-13(2)25-11-18(21-12-25)28(26,27)23-16-9-15(6-5-14(16)3)17-10-24-8-4-7-20-19(24)22-17/h4-13,23H,1-3H3. The average molecular weight is 396 g/mol. The van der Waals surface area contributed by atoms with Crippen molar-refractivity contribution < 1.29 is 8.42 Å². The third kappa shape index (κ3) is 3.36. The molecule has 8 nitrogen and oxygen atoms in total. The summed E-state index contributed by atoms with van der Waals surface area (Å²) in [5, 5.41) is -0.0112. The fourth-order valence-corrected chi connectivity index (χ4v) is 3.86. The van der Waals surface area contributed by atoms with Crippen molar-refractivity contribution in [1.29, 1.82) is 0 Å². The first-order chi connectivity index (χ1) is 13.3. The highest BCUT2D eigenvalue weighted by atomic mass is 32.2. The van der Waals surface area contributed by atoms with Crippen LogP contribution >= 0.6 is 0 Å². The van der Waals surface area contributed by atoms with E-state index >= 15 is 0 Å². The smallest absolute Gasteiger partial charge is 0.280 e. The summed E-state index contributed by atoms with van der Waals surface area (Å²) in [5.41, 5.74) is 2.80. The van der Waals surface area contributed by atoms with Crippen molar-refractivity contribution in [3.05, 3.63) is 60.9 Å². The second kappa shape index (κ2) is 6.75. The van der Waals surface area contributed by atoms with Crippen molar-refractivity contribution in [2.75, 3.05) is 4.72 Å². The Balaban J connectivity index is 1.68. The number of benzene rings is 1. The molecule has 0 unspecified atom stereocenters. The van der Waals surface area contributed by atoms with E-state index in [1.807, 2.05) is 55.8 Å². The van der Waals surface area contributed by atoms with Crippen LogP contribution in [0.15, 0.2) is 60.4 Å². The van der Waals surface area contributed by atoms with Gasteiger partial charge in [-0.1, -0.05) is 12.1 Å². The summed E-state index contributed by atoms with van der Waals surface area (Å²) in [6.07, 6.45) is 8.44. The van der Waals surface area contributed by atoms with Crippen LogP contribution < -0.4 is 4.72 Å². The molecule has 0 fully saturated rings. The van der Waals surface area contributed by atoms with Crippen LogP contribution in [0.5, 0.6) is 0 Å². The zero-order chi connectivity index (χ0) is 19.9. The van der Waals surface area contributed by atoms with Gasteiger partial charge in [0.15, 0.2) is 5.03 Å². The molecule has 9 heteroatoms. The fraction of sp³-hybridized carbons (Fsp3) is 0.211. The first-order valence-corrected chi connectivity index (χ1v) is 10.3. The zero-order valence-electron chi connectivity index (χ0n) is 15.7. The number of hydrogen-bond donors (Lipinski definition) is 1. The van der Waals surface area contributed by atoms with Crippen LogP contribution in [0.3, 0.4) is 0 Å². The number of sulfonamides is 1. The molecule has 0 spiro atoms. The monoisotopic (exact) mass is 396 g/mol. The summed E-state index contributed by atoms with van der Waals surface area (Å²) in [7, 11) is -3.79. The largest absolute Gasteiger partial charge is 0.334 e. The van der Waals surface area contributed by atoms with E-state index in [-0.39, 0.29) is 11.1 Å². The van der Waals surface area contributed by atoms with Gasteiger partial charge in [-0.15, -0.1) is 0 Å². The first kappa shape index (κ1) is 18.2. The normalized spacial score (nSPS) is 12.0. The molecule has 144 valence electrons. The van der Waals surface area contributed by atoms with E-state index in [9.17, 15) is 8.42 Å². The Morgan fingerprint density at radius 2 is 1.96 bits per heavy atom. The van der Waals surface area contributed by atoms with Crippen LogP contribution in [0.25, 0.3) is 17.0 Å². The molecule has 0 radical (unpaired) electrons. The predicted octanol–water partition coefficient (Wildman–Crippen LogP) is 3.28. The summed E-state index contributed by atoms with van der Waals surface area (Å²) in [5.74, 6) is 0.583.